The van der Waals surface area contributed by atoms with Crippen LogP contribution in [0.25, 0.3) is 11.3 Å². The molecule has 0 aliphatic heterocycles. The second-order valence-electron chi connectivity index (χ2n) is 9.67. The molecule has 1 heterocycles. The molecule has 1 saturated carbocycles. The number of primary amides is 1. The van der Waals surface area contributed by atoms with Crippen LogP contribution in [0.2, 0.25) is 0 Å². The van der Waals surface area contributed by atoms with Gasteiger partial charge in [0.15, 0.2) is 5.13 Å². The van der Waals surface area contributed by atoms with Crippen molar-refractivity contribution in [2.75, 3.05) is 16.8 Å². The largest absolute Gasteiger partial charge is 0.351 e. The number of carbonyl (C=O) groups excluding carboxylic acids is 3. The molecule has 0 atom stereocenters. The van der Waals surface area contributed by atoms with Crippen LogP contribution in [-0.4, -0.2) is 29.4 Å². The maximum Gasteiger partial charge on any atom is 0.325 e. The molecule has 4 amide bonds. The summed E-state index contributed by atoms with van der Waals surface area (Å²) in [6, 6.07) is 21.9. The summed E-state index contributed by atoms with van der Waals surface area (Å²) in [4.78, 5) is 44.7. The fraction of sp³-hybridized carbons (Fsp3) is 0.200. The SMILES string of the molecule is Cc1ccc(C2CC2)cc1N(C(N)=O)c1nc(-c2cccc(NC(=O)CN)c2)c(C(=O)NCc2ccccc2)s1. The van der Waals surface area contributed by atoms with Crippen LogP contribution in [0, 0.1) is 6.92 Å². The summed E-state index contributed by atoms with van der Waals surface area (Å²) in [5.74, 6) is -0.207. The summed E-state index contributed by atoms with van der Waals surface area (Å²) in [6.07, 6.45) is 2.23. The number of urea groups is 1. The van der Waals surface area contributed by atoms with Crippen molar-refractivity contribution in [2.45, 2.75) is 32.2 Å². The van der Waals surface area contributed by atoms with Crippen LogP contribution in [-0.2, 0) is 11.3 Å². The molecular weight excluding hydrogens is 524 g/mol. The molecule has 5 rings (SSSR count). The normalized spacial score (nSPS) is 12.6. The van der Waals surface area contributed by atoms with Crippen molar-refractivity contribution >= 4 is 45.7 Å². The number of aromatic nitrogens is 1. The molecule has 10 heteroatoms. The van der Waals surface area contributed by atoms with E-state index in [0.29, 0.717) is 40.0 Å². The first-order valence-corrected chi connectivity index (χ1v) is 13.8. The third kappa shape index (κ3) is 6.03. The fourth-order valence-corrected chi connectivity index (χ4v) is 5.45. The molecule has 4 aromatic rings. The number of thiazole rings is 1. The van der Waals surface area contributed by atoms with E-state index in [1.807, 2.05) is 49.4 Å². The molecule has 0 saturated heterocycles. The van der Waals surface area contributed by atoms with Crippen LogP contribution < -0.4 is 27.0 Å². The zero-order valence-corrected chi connectivity index (χ0v) is 22.8. The minimum absolute atomic E-state index is 0.162. The summed E-state index contributed by atoms with van der Waals surface area (Å²) in [6.45, 7) is 2.07. The van der Waals surface area contributed by atoms with E-state index in [4.69, 9.17) is 16.5 Å². The summed E-state index contributed by atoms with van der Waals surface area (Å²) in [5.41, 5.74) is 16.4. The quantitative estimate of drug-likeness (QED) is 0.229. The van der Waals surface area contributed by atoms with Gasteiger partial charge in [0.2, 0.25) is 5.91 Å². The number of hydrogen-bond donors (Lipinski definition) is 4. The second-order valence-corrected chi connectivity index (χ2v) is 10.6. The van der Waals surface area contributed by atoms with Gasteiger partial charge in [0.05, 0.1) is 17.9 Å². The molecule has 9 nitrogen and oxygen atoms in total. The molecule has 1 fully saturated rings. The summed E-state index contributed by atoms with van der Waals surface area (Å²) < 4.78 is 0. The lowest BCUT2D eigenvalue weighted by molar-refractivity contribution is -0.114. The van der Waals surface area contributed by atoms with E-state index >= 15 is 0 Å². The summed E-state index contributed by atoms with van der Waals surface area (Å²) in [5, 5.41) is 5.96. The maximum atomic E-state index is 13.5. The molecule has 1 aromatic heterocycles. The van der Waals surface area contributed by atoms with Crippen molar-refractivity contribution in [3.8, 4) is 11.3 Å². The van der Waals surface area contributed by atoms with Crippen LogP contribution in [0.1, 0.15) is 45.1 Å². The lowest BCUT2D eigenvalue weighted by Gasteiger charge is -2.20. The molecule has 0 bridgehead atoms. The second kappa shape index (κ2) is 11.7. The number of nitrogens with one attached hydrogen (secondary N) is 2. The van der Waals surface area contributed by atoms with E-state index < -0.39 is 6.03 Å². The van der Waals surface area contributed by atoms with Gasteiger partial charge in [-0.2, -0.15) is 0 Å². The molecule has 0 unspecified atom stereocenters. The standard InChI is InChI=1S/C30H30N6O3S/c1-18-10-11-21(20-12-13-20)15-24(18)36(29(32)39)30-35-26(22-8-5-9-23(14-22)34-25(37)16-31)27(40-30)28(38)33-17-19-6-3-2-4-7-19/h2-11,14-15,20H,12-13,16-17,31H2,1H3,(H2,32,39)(H,33,38)(H,34,37). The predicted molar refractivity (Wildman–Crippen MR) is 158 cm³/mol. The van der Waals surface area contributed by atoms with E-state index in [0.717, 1.165) is 40.9 Å². The first-order valence-electron chi connectivity index (χ1n) is 13.0. The Balaban J connectivity index is 1.56. The van der Waals surface area contributed by atoms with Crippen molar-refractivity contribution in [3.05, 3.63) is 94.4 Å². The molecule has 0 spiro atoms. The summed E-state index contributed by atoms with van der Waals surface area (Å²) in [7, 11) is 0. The van der Waals surface area contributed by atoms with Gasteiger partial charge < -0.3 is 22.1 Å². The van der Waals surface area contributed by atoms with Gasteiger partial charge in [0, 0.05) is 17.8 Å². The highest BCUT2D eigenvalue weighted by Crippen LogP contribution is 2.43. The van der Waals surface area contributed by atoms with Crippen LogP contribution in [0.15, 0.2) is 72.8 Å². The molecule has 0 radical (unpaired) electrons. The van der Waals surface area contributed by atoms with Crippen molar-refractivity contribution in [2.24, 2.45) is 11.5 Å². The lowest BCUT2D eigenvalue weighted by atomic mass is 10.1. The van der Waals surface area contributed by atoms with Crippen molar-refractivity contribution < 1.29 is 14.4 Å². The van der Waals surface area contributed by atoms with Gasteiger partial charge in [0.25, 0.3) is 5.91 Å². The minimum atomic E-state index is -0.698. The van der Waals surface area contributed by atoms with Gasteiger partial charge in [-0.05, 0) is 60.6 Å². The van der Waals surface area contributed by atoms with Gasteiger partial charge in [-0.3, -0.25) is 9.59 Å². The molecule has 204 valence electrons. The lowest BCUT2D eigenvalue weighted by Crippen LogP contribution is -2.32. The minimum Gasteiger partial charge on any atom is -0.351 e. The van der Waals surface area contributed by atoms with Crippen LogP contribution in [0.4, 0.5) is 21.3 Å². The first kappa shape index (κ1) is 27.0. The van der Waals surface area contributed by atoms with E-state index in [1.165, 1.54) is 4.90 Å². The average molecular weight is 555 g/mol. The molecule has 6 N–H and O–H groups in total. The van der Waals surface area contributed by atoms with Gasteiger partial charge in [-0.15, -0.1) is 0 Å². The predicted octanol–water partition coefficient (Wildman–Crippen LogP) is 5.04. The zero-order chi connectivity index (χ0) is 28.2. The topological polar surface area (TPSA) is 143 Å². The van der Waals surface area contributed by atoms with Crippen LogP contribution in [0.5, 0.6) is 0 Å². The average Bonchev–Trinajstić information content (AvgIpc) is 3.72. The van der Waals surface area contributed by atoms with Gasteiger partial charge in [0.1, 0.15) is 4.88 Å². The van der Waals surface area contributed by atoms with E-state index in [-0.39, 0.29) is 23.5 Å². The number of nitrogens with zero attached hydrogens (tertiary/aromatic N) is 2. The van der Waals surface area contributed by atoms with E-state index in [9.17, 15) is 14.4 Å². The van der Waals surface area contributed by atoms with Gasteiger partial charge >= 0.3 is 6.03 Å². The molecule has 3 aromatic carbocycles. The Labute approximate surface area is 236 Å². The number of benzene rings is 3. The zero-order valence-electron chi connectivity index (χ0n) is 22.0. The Kier molecular flexibility index (Phi) is 7.90. The Morgan fingerprint density at radius 1 is 1.02 bits per heavy atom. The number of anilines is 3. The number of amides is 4. The van der Waals surface area contributed by atoms with E-state index in [2.05, 4.69) is 16.7 Å². The van der Waals surface area contributed by atoms with Gasteiger partial charge in [-0.1, -0.05) is 65.9 Å². The van der Waals surface area contributed by atoms with Crippen LogP contribution >= 0.6 is 11.3 Å². The van der Waals surface area contributed by atoms with Crippen LogP contribution in [0.3, 0.4) is 0 Å². The third-order valence-electron chi connectivity index (χ3n) is 6.66. The first-order chi connectivity index (χ1) is 19.3. The number of aryl methyl sites for hydroxylation is 1. The summed E-state index contributed by atoms with van der Waals surface area (Å²) >= 11 is 1.09. The number of hydrogen-bond acceptors (Lipinski definition) is 6. The van der Waals surface area contributed by atoms with Crippen molar-refractivity contribution in [1.82, 2.24) is 10.3 Å². The molecule has 40 heavy (non-hydrogen) atoms. The van der Waals surface area contributed by atoms with Crippen molar-refractivity contribution in [1.29, 1.82) is 0 Å². The Morgan fingerprint density at radius 2 is 1.80 bits per heavy atom. The smallest absolute Gasteiger partial charge is 0.325 e. The number of rotatable bonds is 9. The highest BCUT2D eigenvalue weighted by molar-refractivity contribution is 7.18. The fourth-order valence-electron chi connectivity index (χ4n) is 4.42. The third-order valence-corrected chi connectivity index (χ3v) is 7.70. The Bertz CT molecular complexity index is 1560. The van der Waals surface area contributed by atoms with Gasteiger partial charge in [-0.25, -0.2) is 14.7 Å². The number of carbonyl (C=O) groups is 3. The maximum absolute atomic E-state index is 13.5. The molecule has 1 aliphatic carbocycles. The highest BCUT2D eigenvalue weighted by Gasteiger charge is 2.29. The Hall–Kier alpha value is -4.54. The van der Waals surface area contributed by atoms with E-state index in [1.54, 1.807) is 24.3 Å². The van der Waals surface area contributed by atoms with Crippen molar-refractivity contribution in [3.63, 3.8) is 0 Å². The molecular formula is C30H30N6O3S. The molecule has 1 aliphatic rings. The monoisotopic (exact) mass is 554 g/mol. The number of nitrogens with two attached hydrogens (primary N) is 2. The highest BCUT2D eigenvalue weighted by atomic mass is 32.1. The Morgan fingerprint density at radius 3 is 2.50 bits per heavy atom.